The molecule has 2 aliphatic rings. The molecule has 1 unspecified atom stereocenters. The smallest absolute Gasteiger partial charge is 0.226 e. The number of carbonyl (C=O) groups is 1. The van der Waals surface area contributed by atoms with Gasteiger partial charge in [-0.2, -0.15) is 0 Å². The quantitative estimate of drug-likeness (QED) is 0.930. The largest absolute Gasteiger partial charge is 0.368 e. The summed E-state index contributed by atoms with van der Waals surface area (Å²) in [4.78, 5) is 23.8. The van der Waals surface area contributed by atoms with Crippen molar-refractivity contribution in [3.8, 4) is 11.1 Å². The molecule has 0 bridgehead atoms. The Morgan fingerprint density at radius 3 is 2.60 bits per heavy atom. The van der Waals surface area contributed by atoms with Crippen molar-refractivity contribution in [1.29, 1.82) is 0 Å². The predicted molar refractivity (Wildman–Crippen MR) is 97.5 cm³/mol. The molecule has 1 amide bonds. The molecule has 5 heteroatoms. The summed E-state index contributed by atoms with van der Waals surface area (Å²) >= 11 is 0. The lowest BCUT2D eigenvalue weighted by molar-refractivity contribution is -0.142. The maximum Gasteiger partial charge on any atom is 0.226 e. The molecule has 0 spiro atoms. The van der Waals surface area contributed by atoms with Crippen molar-refractivity contribution in [2.45, 2.75) is 44.6 Å². The highest BCUT2D eigenvalue weighted by Crippen LogP contribution is 2.38. The highest BCUT2D eigenvalue weighted by atomic mass is 16.2. The second-order valence-corrected chi connectivity index (χ2v) is 7.06. The molecule has 1 saturated heterocycles. The number of hydrogen-bond donors (Lipinski definition) is 1. The van der Waals surface area contributed by atoms with Gasteiger partial charge in [0, 0.05) is 24.2 Å². The van der Waals surface area contributed by atoms with Gasteiger partial charge in [-0.15, -0.1) is 0 Å². The first-order chi connectivity index (χ1) is 12.2. The number of nitrogen functional groups attached to an aromatic ring is 1. The van der Waals surface area contributed by atoms with Crippen LogP contribution in [0.2, 0.25) is 0 Å². The molecule has 25 heavy (non-hydrogen) atoms. The van der Waals surface area contributed by atoms with Crippen molar-refractivity contribution in [3.63, 3.8) is 0 Å². The predicted octanol–water partition coefficient (Wildman–Crippen LogP) is 3.58. The standard InChI is InChI=1S/C20H24N4O/c21-20-22-13-16(14-7-2-1-3-8-14)18(23-20)17-11-4-5-12-24(17)19(25)15-9-6-10-15/h1-3,7-8,13,15,17H,4-6,9-12H2,(H2,21,22,23). The summed E-state index contributed by atoms with van der Waals surface area (Å²) in [5.74, 6) is 0.781. The molecule has 2 fully saturated rings. The lowest BCUT2D eigenvalue weighted by atomic mass is 9.83. The van der Waals surface area contributed by atoms with Gasteiger partial charge in [-0.1, -0.05) is 36.8 Å². The maximum absolute atomic E-state index is 12.9. The van der Waals surface area contributed by atoms with Crippen LogP contribution >= 0.6 is 0 Å². The number of amides is 1. The zero-order valence-corrected chi connectivity index (χ0v) is 14.4. The van der Waals surface area contributed by atoms with Crippen LogP contribution in [0.4, 0.5) is 5.95 Å². The van der Waals surface area contributed by atoms with Crippen LogP contribution in [0.15, 0.2) is 36.5 Å². The van der Waals surface area contributed by atoms with Gasteiger partial charge in [-0.05, 0) is 37.7 Å². The summed E-state index contributed by atoms with van der Waals surface area (Å²) in [6, 6.07) is 10.1. The number of aromatic nitrogens is 2. The highest BCUT2D eigenvalue weighted by Gasteiger charge is 2.36. The third-order valence-corrected chi connectivity index (χ3v) is 5.48. The number of benzene rings is 1. The molecule has 1 atom stereocenters. The zero-order valence-electron chi connectivity index (χ0n) is 14.4. The number of anilines is 1. The first-order valence-corrected chi connectivity index (χ1v) is 9.22. The summed E-state index contributed by atoms with van der Waals surface area (Å²) < 4.78 is 0. The Balaban J connectivity index is 1.73. The van der Waals surface area contributed by atoms with E-state index in [1.54, 1.807) is 6.20 Å². The third kappa shape index (κ3) is 3.11. The van der Waals surface area contributed by atoms with Crippen LogP contribution < -0.4 is 5.73 Å². The van der Waals surface area contributed by atoms with E-state index in [0.717, 1.165) is 55.5 Å². The van der Waals surface area contributed by atoms with E-state index in [-0.39, 0.29) is 17.9 Å². The number of likely N-dealkylation sites (tertiary alicyclic amines) is 1. The van der Waals surface area contributed by atoms with Crippen molar-refractivity contribution in [2.75, 3.05) is 12.3 Å². The molecular weight excluding hydrogens is 312 g/mol. The molecule has 0 radical (unpaired) electrons. The van der Waals surface area contributed by atoms with Crippen molar-refractivity contribution in [3.05, 3.63) is 42.2 Å². The molecule has 2 aromatic rings. The van der Waals surface area contributed by atoms with Crippen molar-refractivity contribution in [2.24, 2.45) is 5.92 Å². The second kappa shape index (κ2) is 6.82. The van der Waals surface area contributed by atoms with Gasteiger partial charge in [0.2, 0.25) is 11.9 Å². The minimum Gasteiger partial charge on any atom is -0.368 e. The summed E-state index contributed by atoms with van der Waals surface area (Å²) in [5, 5.41) is 0. The van der Waals surface area contributed by atoms with Gasteiger partial charge in [0.25, 0.3) is 0 Å². The number of rotatable bonds is 3. The van der Waals surface area contributed by atoms with E-state index in [4.69, 9.17) is 5.73 Å². The molecule has 1 aliphatic carbocycles. The number of hydrogen-bond acceptors (Lipinski definition) is 4. The first-order valence-electron chi connectivity index (χ1n) is 9.22. The average Bonchev–Trinajstić information content (AvgIpc) is 2.61. The topological polar surface area (TPSA) is 72.1 Å². The molecule has 1 aliphatic heterocycles. The molecule has 1 saturated carbocycles. The van der Waals surface area contributed by atoms with Gasteiger partial charge in [0.05, 0.1) is 11.7 Å². The van der Waals surface area contributed by atoms with Gasteiger partial charge >= 0.3 is 0 Å². The Bertz CT molecular complexity index is 758. The van der Waals surface area contributed by atoms with Crippen LogP contribution in [0.1, 0.15) is 50.3 Å². The lowest BCUT2D eigenvalue weighted by Crippen LogP contribution is -2.44. The first kappa shape index (κ1) is 16.1. The fourth-order valence-electron chi connectivity index (χ4n) is 3.87. The van der Waals surface area contributed by atoms with E-state index < -0.39 is 0 Å². The van der Waals surface area contributed by atoms with Gasteiger partial charge in [0.1, 0.15) is 0 Å². The van der Waals surface area contributed by atoms with E-state index in [0.29, 0.717) is 5.91 Å². The number of carbonyl (C=O) groups excluding carboxylic acids is 1. The van der Waals surface area contributed by atoms with E-state index in [1.807, 2.05) is 18.2 Å². The lowest BCUT2D eigenvalue weighted by Gasteiger charge is -2.40. The van der Waals surface area contributed by atoms with Crippen LogP contribution in [0, 0.1) is 5.92 Å². The average molecular weight is 336 g/mol. The van der Waals surface area contributed by atoms with Gasteiger partial charge in [-0.3, -0.25) is 4.79 Å². The second-order valence-electron chi connectivity index (χ2n) is 7.06. The SMILES string of the molecule is Nc1ncc(-c2ccccc2)c(C2CCCCN2C(=O)C2CCC2)n1. The summed E-state index contributed by atoms with van der Waals surface area (Å²) in [6.07, 6.45) is 8.14. The van der Waals surface area contributed by atoms with E-state index >= 15 is 0 Å². The Hall–Kier alpha value is -2.43. The Kier molecular flexibility index (Phi) is 4.38. The highest BCUT2D eigenvalue weighted by molar-refractivity contribution is 5.80. The molecule has 4 rings (SSSR count). The summed E-state index contributed by atoms with van der Waals surface area (Å²) in [5.41, 5.74) is 8.85. The summed E-state index contributed by atoms with van der Waals surface area (Å²) in [6.45, 7) is 0.818. The minimum absolute atomic E-state index is 0.00218. The van der Waals surface area contributed by atoms with Gasteiger partial charge < -0.3 is 10.6 Å². The van der Waals surface area contributed by atoms with Crippen LogP contribution in [0.5, 0.6) is 0 Å². The molecular formula is C20H24N4O. The molecule has 1 aromatic carbocycles. The normalized spacial score (nSPS) is 21.0. The minimum atomic E-state index is 0.00218. The van der Waals surface area contributed by atoms with Crippen molar-refractivity contribution >= 4 is 11.9 Å². The third-order valence-electron chi connectivity index (χ3n) is 5.48. The number of nitrogens with two attached hydrogens (primary N) is 1. The maximum atomic E-state index is 12.9. The van der Waals surface area contributed by atoms with E-state index in [2.05, 4.69) is 27.0 Å². The molecule has 2 heterocycles. The Morgan fingerprint density at radius 1 is 1.08 bits per heavy atom. The fourth-order valence-corrected chi connectivity index (χ4v) is 3.87. The monoisotopic (exact) mass is 336 g/mol. The Labute approximate surface area is 148 Å². The Morgan fingerprint density at radius 2 is 1.88 bits per heavy atom. The van der Waals surface area contributed by atoms with E-state index in [9.17, 15) is 4.79 Å². The van der Waals surface area contributed by atoms with Crippen LogP contribution in [-0.4, -0.2) is 27.3 Å². The molecule has 1 aromatic heterocycles. The zero-order chi connectivity index (χ0) is 17.2. The van der Waals surface area contributed by atoms with E-state index in [1.165, 1.54) is 6.42 Å². The van der Waals surface area contributed by atoms with Crippen LogP contribution in [-0.2, 0) is 4.79 Å². The summed E-state index contributed by atoms with van der Waals surface area (Å²) in [7, 11) is 0. The fraction of sp³-hybridized carbons (Fsp3) is 0.450. The molecule has 5 nitrogen and oxygen atoms in total. The van der Waals surface area contributed by atoms with Gasteiger partial charge in [-0.25, -0.2) is 9.97 Å². The van der Waals surface area contributed by atoms with Gasteiger partial charge in [0.15, 0.2) is 0 Å². The van der Waals surface area contributed by atoms with Crippen molar-refractivity contribution < 1.29 is 4.79 Å². The molecule has 2 N–H and O–H groups in total. The van der Waals surface area contributed by atoms with Crippen LogP contribution in [0.25, 0.3) is 11.1 Å². The number of nitrogens with zero attached hydrogens (tertiary/aromatic N) is 3. The molecule has 130 valence electrons. The van der Waals surface area contributed by atoms with Crippen LogP contribution in [0.3, 0.4) is 0 Å². The number of piperidine rings is 1. The van der Waals surface area contributed by atoms with Crippen molar-refractivity contribution in [1.82, 2.24) is 14.9 Å².